The van der Waals surface area contributed by atoms with E-state index in [0.29, 0.717) is 19.3 Å². The monoisotopic (exact) mass is 708 g/mol. The van der Waals surface area contributed by atoms with Gasteiger partial charge in [-0.15, -0.1) is 0 Å². The standard InChI is InChI=1S/C29H38BrN6O8P/c1-5-7-18(3)43-27(39)19(4)35-45(40,44-22-11-9-21(30)10-12-22)42-16-29(15-41-23(37)8-6-2)13-20(29)14-36-17-32-24-25(36)33-28(31)34-26(24)38/h9-12,14,17-19H,5-8,13,15-16H2,1-4H3,(H,35,40)(H3,31,33,34,38)/b20-14-/t18?,19?,29-,45-/m0/s1. The van der Waals surface area contributed by atoms with E-state index in [-0.39, 0.29) is 54.6 Å². The minimum atomic E-state index is -4.22. The van der Waals surface area contributed by atoms with Gasteiger partial charge in [0.25, 0.3) is 5.56 Å². The van der Waals surface area contributed by atoms with E-state index in [1.165, 1.54) is 17.8 Å². The van der Waals surface area contributed by atoms with Crippen molar-refractivity contribution >= 4 is 58.9 Å². The number of hydrogen-bond acceptors (Lipinski definition) is 11. The van der Waals surface area contributed by atoms with Crippen molar-refractivity contribution < 1.29 is 32.7 Å². The number of carbonyl (C=O) groups excluding carboxylic acids is 2. The number of halogens is 1. The zero-order chi connectivity index (χ0) is 32.8. The van der Waals surface area contributed by atoms with Crippen molar-refractivity contribution in [3.8, 4) is 5.75 Å². The minimum absolute atomic E-state index is 0.0646. The second kappa shape index (κ2) is 14.7. The SMILES string of the molecule is CCCC(=O)OC[C@]1(CO[P@@](=O)(NC(C)C(=O)OC(C)CCC)Oc2ccc(Br)cc2)C/C1=C/n1cnc2c(=O)[nH]c(N)nc21. The van der Waals surface area contributed by atoms with E-state index < -0.39 is 30.7 Å². The van der Waals surface area contributed by atoms with Gasteiger partial charge in [0.05, 0.1) is 18.1 Å². The van der Waals surface area contributed by atoms with Crippen LogP contribution in [-0.2, 0) is 28.2 Å². The number of H-pyrrole nitrogens is 1. The molecule has 0 spiro atoms. The van der Waals surface area contributed by atoms with Crippen molar-refractivity contribution in [3.63, 3.8) is 0 Å². The Morgan fingerprint density at radius 3 is 2.64 bits per heavy atom. The Labute approximate surface area is 268 Å². The van der Waals surface area contributed by atoms with E-state index >= 15 is 0 Å². The zero-order valence-corrected chi connectivity index (χ0v) is 28.1. The molecule has 0 radical (unpaired) electrons. The Morgan fingerprint density at radius 1 is 1.22 bits per heavy atom. The summed E-state index contributed by atoms with van der Waals surface area (Å²) >= 11 is 3.36. The number of hydrogen-bond donors (Lipinski definition) is 3. The highest BCUT2D eigenvalue weighted by molar-refractivity contribution is 9.10. The molecular weight excluding hydrogens is 671 g/mol. The van der Waals surface area contributed by atoms with Crippen LogP contribution in [0.15, 0.2) is 45.4 Å². The molecule has 0 bridgehead atoms. The summed E-state index contributed by atoms with van der Waals surface area (Å²) in [5.41, 5.74) is 5.46. The summed E-state index contributed by atoms with van der Waals surface area (Å²) in [6.45, 7) is 6.88. The fraction of sp³-hybridized carbons (Fsp3) is 0.483. The first-order valence-electron chi connectivity index (χ1n) is 14.6. The molecule has 1 fully saturated rings. The van der Waals surface area contributed by atoms with E-state index in [1.807, 2.05) is 13.8 Å². The Bertz CT molecular complexity index is 1660. The predicted molar refractivity (Wildman–Crippen MR) is 171 cm³/mol. The van der Waals surface area contributed by atoms with Crippen LogP contribution in [-0.4, -0.2) is 56.8 Å². The maximum Gasteiger partial charge on any atom is 0.459 e. The molecule has 4 atom stereocenters. The number of nitrogens with one attached hydrogen (secondary N) is 2. The molecule has 1 saturated carbocycles. The van der Waals surface area contributed by atoms with E-state index in [4.69, 9.17) is 24.3 Å². The second-order valence-corrected chi connectivity index (χ2v) is 13.6. The zero-order valence-electron chi connectivity index (χ0n) is 25.6. The lowest BCUT2D eigenvalue weighted by Crippen LogP contribution is -2.37. The number of esters is 2. The molecule has 2 aromatic heterocycles. The van der Waals surface area contributed by atoms with Gasteiger partial charge in [0.1, 0.15) is 24.7 Å². The van der Waals surface area contributed by atoms with E-state index in [0.717, 1.165) is 16.5 Å². The molecule has 2 heterocycles. The second-order valence-electron chi connectivity index (χ2n) is 11.0. The maximum atomic E-state index is 14.2. The number of fused-ring (bicyclic) bond motifs is 1. The molecule has 45 heavy (non-hydrogen) atoms. The van der Waals surface area contributed by atoms with Crippen LogP contribution in [0.1, 0.15) is 59.8 Å². The number of rotatable bonds is 16. The summed E-state index contributed by atoms with van der Waals surface area (Å²) in [7, 11) is -4.22. The van der Waals surface area contributed by atoms with Gasteiger partial charge in [-0.05, 0) is 62.9 Å². The molecule has 3 aromatic rings. The fourth-order valence-electron chi connectivity index (χ4n) is 4.52. The van der Waals surface area contributed by atoms with Crippen LogP contribution in [0.4, 0.5) is 5.95 Å². The molecule has 14 nitrogen and oxygen atoms in total. The molecule has 1 aromatic carbocycles. The van der Waals surface area contributed by atoms with E-state index in [1.54, 1.807) is 37.4 Å². The Morgan fingerprint density at radius 2 is 1.96 bits per heavy atom. The van der Waals surface area contributed by atoms with Crippen molar-refractivity contribution in [1.29, 1.82) is 0 Å². The number of aromatic nitrogens is 4. The molecule has 0 aliphatic heterocycles. The van der Waals surface area contributed by atoms with Crippen LogP contribution in [0.3, 0.4) is 0 Å². The quantitative estimate of drug-likeness (QED) is 0.134. The van der Waals surface area contributed by atoms with Crippen molar-refractivity contribution in [1.82, 2.24) is 24.6 Å². The first kappa shape index (κ1) is 34.4. The number of nitrogens with two attached hydrogens (primary N) is 1. The molecule has 244 valence electrons. The third-order valence-corrected chi connectivity index (χ3v) is 9.21. The fourth-order valence-corrected chi connectivity index (χ4v) is 6.36. The number of benzene rings is 1. The van der Waals surface area contributed by atoms with E-state index in [2.05, 4.69) is 36.0 Å². The third kappa shape index (κ3) is 9.03. The van der Waals surface area contributed by atoms with Crippen molar-refractivity contribution in [3.05, 3.63) is 51.0 Å². The molecule has 2 unspecified atom stereocenters. The lowest BCUT2D eigenvalue weighted by molar-refractivity contribution is -0.150. The average molecular weight is 710 g/mol. The van der Waals surface area contributed by atoms with Gasteiger partial charge in [0.2, 0.25) is 5.95 Å². The Balaban J connectivity index is 1.60. The largest absolute Gasteiger partial charge is 0.465 e. The first-order valence-corrected chi connectivity index (χ1v) is 17.0. The van der Waals surface area contributed by atoms with Gasteiger partial charge in [0, 0.05) is 17.1 Å². The van der Waals surface area contributed by atoms with Crippen LogP contribution < -0.4 is 20.9 Å². The highest BCUT2D eigenvalue weighted by atomic mass is 79.9. The smallest absolute Gasteiger partial charge is 0.459 e. The number of ether oxygens (including phenoxy) is 2. The third-order valence-electron chi connectivity index (χ3n) is 7.06. The Hall–Kier alpha value is -3.52. The lowest BCUT2D eigenvalue weighted by atomic mass is 10.1. The molecule has 4 N–H and O–H groups in total. The molecule has 4 rings (SSSR count). The molecule has 0 amide bonds. The van der Waals surface area contributed by atoms with Gasteiger partial charge in [-0.3, -0.25) is 28.5 Å². The summed E-state index contributed by atoms with van der Waals surface area (Å²) in [6, 6.07) is 5.58. The number of nitrogen functional groups attached to an aromatic ring is 1. The Kier molecular flexibility index (Phi) is 11.2. The van der Waals surface area contributed by atoms with Crippen molar-refractivity contribution in [2.24, 2.45) is 5.41 Å². The van der Waals surface area contributed by atoms with Gasteiger partial charge in [-0.2, -0.15) is 10.1 Å². The number of anilines is 1. The summed E-state index contributed by atoms with van der Waals surface area (Å²) in [4.78, 5) is 48.1. The number of carbonyl (C=O) groups is 2. The molecule has 0 saturated heterocycles. The highest BCUT2D eigenvalue weighted by Crippen LogP contribution is 2.56. The minimum Gasteiger partial charge on any atom is -0.465 e. The van der Waals surface area contributed by atoms with Gasteiger partial charge >= 0.3 is 19.7 Å². The summed E-state index contributed by atoms with van der Waals surface area (Å²) in [5.74, 6) is -0.826. The first-order chi connectivity index (χ1) is 21.4. The number of nitrogens with zero attached hydrogens (tertiary/aromatic N) is 3. The van der Waals surface area contributed by atoms with Crippen molar-refractivity contribution in [2.45, 2.75) is 71.9 Å². The number of imidazole rings is 1. The van der Waals surface area contributed by atoms with Crippen LogP contribution in [0.2, 0.25) is 0 Å². The molecular formula is C29H38BrN6O8P. The predicted octanol–water partition coefficient (Wildman–Crippen LogP) is 4.95. The van der Waals surface area contributed by atoms with Crippen LogP contribution >= 0.6 is 23.7 Å². The van der Waals surface area contributed by atoms with Gasteiger partial charge in [-0.25, -0.2) is 9.55 Å². The summed E-state index contributed by atoms with van der Waals surface area (Å²) < 4.78 is 39.4. The topological polar surface area (TPSA) is 190 Å². The summed E-state index contributed by atoms with van der Waals surface area (Å²) in [6.07, 6.45) is 5.55. The van der Waals surface area contributed by atoms with Crippen LogP contribution in [0.5, 0.6) is 5.75 Å². The highest BCUT2D eigenvalue weighted by Gasteiger charge is 2.52. The molecule has 1 aliphatic carbocycles. The van der Waals surface area contributed by atoms with Crippen LogP contribution in [0.25, 0.3) is 17.4 Å². The van der Waals surface area contributed by atoms with Crippen LogP contribution in [0, 0.1) is 5.41 Å². The van der Waals surface area contributed by atoms with Crippen molar-refractivity contribution in [2.75, 3.05) is 18.9 Å². The summed E-state index contributed by atoms with van der Waals surface area (Å²) in [5, 5.41) is 2.71. The van der Waals surface area contributed by atoms with Gasteiger partial charge in [0.15, 0.2) is 11.2 Å². The van der Waals surface area contributed by atoms with Gasteiger partial charge < -0.3 is 19.7 Å². The van der Waals surface area contributed by atoms with E-state index in [9.17, 15) is 18.9 Å². The number of aromatic amines is 1. The maximum absolute atomic E-state index is 14.2. The normalized spacial score (nSPS) is 19.5. The molecule has 1 aliphatic rings. The lowest BCUT2D eigenvalue weighted by Gasteiger charge is -2.25. The molecule has 16 heteroatoms. The average Bonchev–Trinajstić information content (AvgIpc) is 3.51. The van der Waals surface area contributed by atoms with Gasteiger partial charge in [-0.1, -0.05) is 36.2 Å².